The zero-order valence-electron chi connectivity index (χ0n) is 11.2. The standard InChI is InChI=1S/C15H20FNO2/c1-11-2-3-12(16)8-14(11)17-13-4-6-19-15(9-13)5-7-18-10-15/h2-3,8,13,17H,4-7,9-10H2,1H3. The Kier molecular flexibility index (Phi) is 3.46. The lowest BCUT2D eigenvalue weighted by Crippen LogP contribution is -2.45. The third kappa shape index (κ3) is 2.74. The highest BCUT2D eigenvalue weighted by Crippen LogP contribution is 2.34. The summed E-state index contributed by atoms with van der Waals surface area (Å²) >= 11 is 0. The molecule has 1 aromatic carbocycles. The van der Waals surface area contributed by atoms with Gasteiger partial charge in [0.15, 0.2) is 0 Å². The van der Waals surface area contributed by atoms with E-state index in [0.717, 1.165) is 43.7 Å². The lowest BCUT2D eigenvalue weighted by molar-refractivity contribution is -0.0828. The minimum absolute atomic E-state index is 0.114. The Morgan fingerprint density at radius 2 is 2.26 bits per heavy atom. The third-order valence-electron chi connectivity index (χ3n) is 4.12. The van der Waals surface area contributed by atoms with Gasteiger partial charge in [-0.3, -0.25) is 0 Å². The summed E-state index contributed by atoms with van der Waals surface area (Å²) < 4.78 is 24.7. The first-order valence-corrected chi connectivity index (χ1v) is 6.91. The van der Waals surface area contributed by atoms with E-state index in [-0.39, 0.29) is 11.4 Å². The summed E-state index contributed by atoms with van der Waals surface area (Å²) in [7, 11) is 0. The molecule has 0 radical (unpaired) electrons. The second-order valence-electron chi connectivity index (χ2n) is 5.63. The van der Waals surface area contributed by atoms with Crippen molar-refractivity contribution in [1.82, 2.24) is 0 Å². The van der Waals surface area contributed by atoms with Crippen LogP contribution in [0.15, 0.2) is 18.2 Å². The number of nitrogens with one attached hydrogen (secondary N) is 1. The molecule has 0 aliphatic carbocycles. The molecule has 2 unspecified atom stereocenters. The lowest BCUT2D eigenvalue weighted by Gasteiger charge is -2.38. The molecule has 1 aromatic rings. The Morgan fingerprint density at radius 3 is 3.05 bits per heavy atom. The van der Waals surface area contributed by atoms with Crippen molar-refractivity contribution in [3.8, 4) is 0 Å². The molecular weight excluding hydrogens is 245 g/mol. The highest BCUT2D eigenvalue weighted by Gasteiger charge is 2.41. The van der Waals surface area contributed by atoms with Crippen LogP contribution in [0.5, 0.6) is 0 Å². The Balaban J connectivity index is 1.70. The molecular formula is C15H20FNO2. The maximum Gasteiger partial charge on any atom is 0.125 e. The maximum absolute atomic E-state index is 13.3. The number of hydrogen-bond acceptors (Lipinski definition) is 3. The summed E-state index contributed by atoms with van der Waals surface area (Å²) in [5, 5.41) is 3.47. The van der Waals surface area contributed by atoms with Crippen LogP contribution in [0.3, 0.4) is 0 Å². The number of rotatable bonds is 2. The number of halogens is 1. The van der Waals surface area contributed by atoms with Gasteiger partial charge >= 0.3 is 0 Å². The van der Waals surface area contributed by atoms with Gasteiger partial charge in [-0.25, -0.2) is 4.39 Å². The minimum atomic E-state index is -0.195. The van der Waals surface area contributed by atoms with Gasteiger partial charge in [-0.1, -0.05) is 6.07 Å². The molecule has 2 aliphatic heterocycles. The first-order chi connectivity index (χ1) is 9.17. The second-order valence-corrected chi connectivity index (χ2v) is 5.63. The average molecular weight is 265 g/mol. The smallest absolute Gasteiger partial charge is 0.125 e. The zero-order chi connectivity index (χ0) is 13.3. The molecule has 2 heterocycles. The van der Waals surface area contributed by atoms with E-state index < -0.39 is 0 Å². The molecule has 1 N–H and O–H groups in total. The first-order valence-electron chi connectivity index (χ1n) is 6.91. The van der Waals surface area contributed by atoms with Gasteiger partial charge < -0.3 is 14.8 Å². The van der Waals surface area contributed by atoms with Crippen LogP contribution in [0.25, 0.3) is 0 Å². The monoisotopic (exact) mass is 265 g/mol. The van der Waals surface area contributed by atoms with Crippen LogP contribution in [0.4, 0.5) is 10.1 Å². The Morgan fingerprint density at radius 1 is 1.37 bits per heavy atom. The maximum atomic E-state index is 13.3. The van der Waals surface area contributed by atoms with Crippen molar-refractivity contribution in [2.45, 2.75) is 37.8 Å². The number of anilines is 1. The lowest BCUT2D eigenvalue weighted by atomic mass is 9.89. The van der Waals surface area contributed by atoms with Gasteiger partial charge in [-0.15, -0.1) is 0 Å². The molecule has 0 aromatic heterocycles. The van der Waals surface area contributed by atoms with Crippen molar-refractivity contribution in [2.75, 3.05) is 25.1 Å². The van der Waals surface area contributed by atoms with E-state index in [0.29, 0.717) is 12.6 Å². The van der Waals surface area contributed by atoms with E-state index in [4.69, 9.17) is 9.47 Å². The molecule has 0 bridgehead atoms. The fourth-order valence-corrected chi connectivity index (χ4v) is 2.98. The summed E-state index contributed by atoms with van der Waals surface area (Å²) in [5.41, 5.74) is 1.85. The van der Waals surface area contributed by atoms with Crippen molar-refractivity contribution in [3.05, 3.63) is 29.6 Å². The van der Waals surface area contributed by atoms with Crippen molar-refractivity contribution < 1.29 is 13.9 Å². The molecule has 0 saturated carbocycles. The first kappa shape index (κ1) is 12.9. The number of ether oxygens (including phenoxy) is 2. The quantitative estimate of drug-likeness (QED) is 0.892. The van der Waals surface area contributed by atoms with Crippen LogP contribution in [0.1, 0.15) is 24.8 Å². The van der Waals surface area contributed by atoms with Crippen molar-refractivity contribution in [2.24, 2.45) is 0 Å². The van der Waals surface area contributed by atoms with Gasteiger partial charge in [0.1, 0.15) is 5.82 Å². The van der Waals surface area contributed by atoms with E-state index in [1.165, 1.54) is 6.07 Å². The number of benzene rings is 1. The Labute approximate surface area is 113 Å². The third-order valence-corrected chi connectivity index (χ3v) is 4.12. The molecule has 4 heteroatoms. The second kappa shape index (κ2) is 5.10. The van der Waals surface area contributed by atoms with E-state index in [1.807, 2.05) is 13.0 Å². The van der Waals surface area contributed by atoms with E-state index in [1.54, 1.807) is 6.07 Å². The topological polar surface area (TPSA) is 30.5 Å². The van der Waals surface area contributed by atoms with E-state index in [9.17, 15) is 4.39 Å². The van der Waals surface area contributed by atoms with Crippen LogP contribution in [-0.2, 0) is 9.47 Å². The fraction of sp³-hybridized carbons (Fsp3) is 0.600. The fourth-order valence-electron chi connectivity index (χ4n) is 2.98. The SMILES string of the molecule is Cc1ccc(F)cc1NC1CCOC2(CCOC2)C1. The Bertz CT molecular complexity index is 457. The van der Waals surface area contributed by atoms with Crippen LogP contribution >= 0.6 is 0 Å². The highest BCUT2D eigenvalue weighted by molar-refractivity contribution is 5.51. The molecule has 2 fully saturated rings. The van der Waals surface area contributed by atoms with Gasteiger partial charge in [0.2, 0.25) is 0 Å². The molecule has 2 atom stereocenters. The van der Waals surface area contributed by atoms with Gasteiger partial charge in [0.25, 0.3) is 0 Å². The molecule has 2 aliphatic rings. The largest absolute Gasteiger partial charge is 0.382 e. The molecule has 0 amide bonds. The number of hydrogen-bond donors (Lipinski definition) is 1. The van der Waals surface area contributed by atoms with Gasteiger partial charge in [-0.2, -0.15) is 0 Å². The van der Waals surface area contributed by atoms with Crippen LogP contribution in [0.2, 0.25) is 0 Å². The zero-order valence-corrected chi connectivity index (χ0v) is 11.2. The van der Waals surface area contributed by atoms with E-state index in [2.05, 4.69) is 5.32 Å². The number of aryl methyl sites for hydroxylation is 1. The summed E-state index contributed by atoms with van der Waals surface area (Å²) in [5.74, 6) is -0.195. The molecule has 3 rings (SSSR count). The van der Waals surface area contributed by atoms with E-state index >= 15 is 0 Å². The van der Waals surface area contributed by atoms with Gasteiger partial charge in [0.05, 0.1) is 12.2 Å². The predicted octanol–water partition coefficient (Wildman–Crippen LogP) is 2.88. The molecule has 19 heavy (non-hydrogen) atoms. The predicted molar refractivity (Wildman–Crippen MR) is 71.9 cm³/mol. The van der Waals surface area contributed by atoms with Crippen LogP contribution in [-0.4, -0.2) is 31.5 Å². The highest BCUT2D eigenvalue weighted by atomic mass is 19.1. The van der Waals surface area contributed by atoms with Crippen molar-refractivity contribution >= 4 is 5.69 Å². The molecule has 1 spiro atoms. The molecule has 2 saturated heterocycles. The summed E-state index contributed by atoms with van der Waals surface area (Å²) in [6, 6.07) is 5.21. The molecule has 104 valence electrons. The van der Waals surface area contributed by atoms with Gasteiger partial charge in [0, 0.05) is 31.4 Å². The summed E-state index contributed by atoms with van der Waals surface area (Å²) in [6.45, 7) is 4.21. The average Bonchev–Trinajstić information content (AvgIpc) is 2.82. The minimum Gasteiger partial charge on any atom is -0.382 e. The van der Waals surface area contributed by atoms with Crippen LogP contribution in [0, 0.1) is 12.7 Å². The molecule has 3 nitrogen and oxygen atoms in total. The summed E-state index contributed by atoms with van der Waals surface area (Å²) in [4.78, 5) is 0. The summed E-state index contributed by atoms with van der Waals surface area (Å²) in [6.07, 6.45) is 2.86. The van der Waals surface area contributed by atoms with Crippen molar-refractivity contribution in [1.29, 1.82) is 0 Å². The van der Waals surface area contributed by atoms with Crippen LogP contribution < -0.4 is 5.32 Å². The van der Waals surface area contributed by atoms with Gasteiger partial charge in [-0.05, 0) is 37.5 Å². The normalized spacial score (nSPS) is 30.7. The Hall–Kier alpha value is -1.13. The van der Waals surface area contributed by atoms with Crippen molar-refractivity contribution in [3.63, 3.8) is 0 Å².